The molecule has 0 aromatic heterocycles. The van der Waals surface area contributed by atoms with Gasteiger partial charge in [0.2, 0.25) is 0 Å². The van der Waals surface area contributed by atoms with E-state index in [0.717, 1.165) is 44.8 Å². The standard InChI is InChI=1S/C19H27F3N2O/c1-13(14-5-4-6-15(11-14)19(20,21)22)18(25)9-3-2-7-17(18)24-10-8-16(23)12-24/h4-6,11,13,16-17,25H,2-3,7-10,12,23H2,1H3/t13?,16-,17?,18?/m1/s1. The van der Waals surface area contributed by atoms with Gasteiger partial charge in [0, 0.05) is 31.1 Å². The minimum absolute atomic E-state index is 0.0423. The third kappa shape index (κ3) is 3.71. The molecular formula is C19H27F3N2O. The van der Waals surface area contributed by atoms with Gasteiger partial charge in [-0.05, 0) is 30.9 Å². The lowest BCUT2D eigenvalue weighted by molar-refractivity contribution is -0.137. The first-order chi connectivity index (χ1) is 11.7. The summed E-state index contributed by atoms with van der Waals surface area (Å²) < 4.78 is 39.1. The predicted molar refractivity (Wildman–Crippen MR) is 91.2 cm³/mol. The van der Waals surface area contributed by atoms with Crippen molar-refractivity contribution >= 4 is 0 Å². The van der Waals surface area contributed by atoms with Gasteiger partial charge in [-0.1, -0.05) is 38.0 Å². The van der Waals surface area contributed by atoms with E-state index in [9.17, 15) is 18.3 Å². The normalized spacial score (nSPS) is 32.7. The van der Waals surface area contributed by atoms with Crippen LogP contribution in [0.3, 0.4) is 0 Å². The van der Waals surface area contributed by atoms with Gasteiger partial charge in [0.05, 0.1) is 11.2 Å². The van der Waals surface area contributed by atoms with E-state index < -0.39 is 17.3 Å². The molecule has 0 spiro atoms. The summed E-state index contributed by atoms with van der Waals surface area (Å²) in [5, 5.41) is 11.5. The number of hydrogen-bond donors (Lipinski definition) is 2. The maximum atomic E-state index is 13.0. The summed E-state index contributed by atoms with van der Waals surface area (Å²) >= 11 is 0. The van der Waals surface area contributed by atoms with Gasteiger partial charge in [-0.25, -0.2) is 0 Å². The molecule has 1 aromatic rings. The molecule has 1 aliphatic carbocycles. The van der Waals surface area contributed by atoms with E-state index in [2.05, 4.69) is 4.90 Å². The smallest absolute Gasteiger partial charge is 0.388 e. The summed E-state index contributed by atoms with van der Waals surface area (Å²) in [6.45, 7) is 3.45. The van der Waals surface area contributed by atoms with Gasteiger partial charge >= 0.3 is 6.18 Å². The monoisotopic (exact) mass is 356 g/mol. The Morgan fingerprint density at radius 3 is 2.68 bits per heavy atom. The molecule has 2 fully saturated rings. The molecule has 25 heavy (non-hydrogen) atoms. The van der Waals surface area contributed by atoms with Crippen LogP contribution in [0.15, 0.2) is 24.3 Å². The highest BCUT2D eigenvalue weighted by Gasteiger charge is 2.47. The zero-order valence-corrected chi connectivity index (χ0v) is 14.6. The second kappa shape index (κ2) is 6.89. The van der Waals surface area contributed by atoms with Crippen molar-refractivity contribution in [3.05, 3.63) is 35.4 Å². The van der Waals surface area contributed by atoms with Crippen molar-refractivity contribution in [2.75, 3.05) is 13.1 Å². The lowest BCUT2D eigenvalue weighted by Gasteiger charge is -2.48. The molecule has 3 N–H and O–H groups in total. The number of aliphatic hydroxyl groups is 1. The van der Waals surface area contributed by atoms with Crippen LogP contribution in [0, 0.1) is 0 Å². The lowest BCUT2D eigenvalue weighted by Crippen LogP contribution is -2.57. The summed E-state index contributed by atoms with van der Waals surface area (Å²) in [5.74, 6) is -0.364. The van der Waals surface area contributed by atoms with Crippen molar-refractivity contribution in [2.24, 2.45) is 5.73 Å². The first kappa shape index (κ1) is 18.7. The third-order valence-electron chi connectivity index (χ3n) is 6.04. The Labute approximate surface area is 147 Å². The largest absolute Gasteiger partial charge is 0.416 e. The van der Waals surface area contributed by atoms with E-state index in [4.69, 9.17) is 5.73 Å². The molecule has 1 saturated carbocycles. The Morgan fingerprint density at radius 2 is 2.04 bits per heavy atom. The van der Waals surface area contributed by atoms with Crippen molar-refractivity contribution in [1.29, 1.82) is 0 Å². The molecule has 140 valence electrons. The van der Waals surface area contributed by atoms with E-state index in [0.29, 0.717) is 12.0 Å². The number of nitrogens with two attached hydrogens (primary N) is 1. The Kier molecular flexibility index (Phi) is 5.15. The quantitative estimate of drug-likeness (QED) is 0.871. The molecule has 0 bridgehead atoms. The van der Waals surface area contributed by atoms with Crippen molar-refractivity contribution < 1.29 is 18.3 Å². The number of rotatable bonds is 3. The average Bonchev–Trinajstić information content (AvgIpc) is 3.00. The molecular weight excluding hydrogens is 329 g/mol. The number of benzene rings is 1. The molecule has 0 amide bonds. The van der Waals surface area contributed by atoms with Crippen molar-refractivity contribution in [3.63, 3.8) is 0 Å². The van der Waals surface area contributed by atoms with E-state index in [1.165, 1.54) is 12.1 Å². The fourth-order valence-corrected chi connectivity index (χ4v) is 4.54. The maximum Gasteiger partial charge on any atom is 0.416 e. The van der Waals surface area contributed by atoms with Gasteiger partial charge in [0.15, 0.2) is 0 Å². The van der Waals surface area contributed by atoms with E-state index in [-0.39, 0.29) is 18.0 Å². The second-order valence-corrected chi connectivity index (χ2v) is 7.64. The lowest BCUT2D eigenvalue weighted by atomic mass is 9.70. The van der Waals surface area contributed by atoms with Crippen LogP contribution >= 0.6 is 0 Å². The van der Waals surface area contributed by atoms with Crippen LogP contribution < -0.4 is 5.73 Å². The number of nitrogens with zero attached hydrogens (tertiary/aromatic N) is 1. The van der Waals surface area contributed by atoms with Crippen molar-refractivity contribution in [2.45, 2.75) is 68.8 Å². The molecule has 0 radical (unpaired) electrons. The highest BCUT2D eigenvalue weighted by atomic mass is 19.4. The Hall–Kier alpha value is -1.11. The van der Waals surface area contributed by atoms with Gasteiger partial charge in [-0.15, -0.1) is 0 Å². The zero-order valence-electron chi connectivity index (χ0n) is 14.6. The highest BCUT2D eigenvalue weighted by molar-refractivity contribution is 5.30. The van der Waals surface area contributed by atoms with Crippen LogP contribution in [-0.2, 0) is 6.18 Å². The summed E-state index contributed by atoms with van der Waals surface area (Å²) in [5.41, 5.74) is 4.90. The summed E-state index contributed by atoms with van der Waals surface area (Å²) in [6.07, 6.45) is -0.0475. The SMILES string of the molecule is CC(c1cccc(C(F)(F)F)c1)C1(O)CCCCC1N1CC[C@@H](N)C1. The molecule has 3 nitrogen and oxygen atoms in total. The number of hydrogen-bond acceptors (Lipinski definition) is 3. The Balaban J connectivity index is 1.89. The van der Waals surface area contributed by atoms with Crippen LogP contribution in [0.2, 0.25) is 0 Å². The molecule has 1 heterocycles. The number of alkyl halides is 3. The average molecular weight is 356 g/mol. The molecule has 4 atom stereocenters. The second-order valence-electron chi connectivity index (χ2n) is 7.64. The van der Waals surface area contributed by atoms with Gasteiger partial charge in [0.25, 0.3) is 0 Å². The first-order valence-corrected chi connectivity index (χ1v) is 9.11. The number of halogens is 3. The molecule has 6 heteroatoms. The van der Waals surface area contributed by atoms with Crippen LogP contribution in [0.1, 0.15) is 56.1 Å². The minimum Gasteiger partial charge on any atom is -0.388 e. The van der Waals surface area contributed by atoms with Crippen molar-refractivity contribution in [1.82, 2.24) is 4.90 Å². The predicted octanol–water partition coefficient (Wildman–Crippen LogP) is 3.52. The molecule has 1 aromatic carbocycles. The van der Waals surface area contributed by atoms with Crippen LogP contribution in [0.25, 0.3) is 0 Å². The highest BCUT2D eigenvalue weighted by Crippen LogP contribution is 2.43. The minimum atomic E-state index is -4.37. The molecule has 1 saturated heterocycles. The van der Waals surface area contributed by atoms with Gasteiger partial charge in [-0.3, -0.25) is 4.90 Å². The summed E-state index contributed by atoms with van der Waals surface area (Å²) in [7, 11) is 0. The van der Waals surface area contributed by atoms with Crippen LogP contribution in [0.5, 0.6) is 0 Å². The maximum absolute atomic E-state index is 13.0. The molecule has 2 aliphatic rings. The van der Waals surface area contributed by atoms with Gasteiger partial charge in [0.1, 0.15) is 0 Å². The Morgan fingerprint density at radius 1 is 1.28 bits per heavy atom. The molecule has 1 aliphatic heterocycles. The Bertz CT molecular complexity index is 607. The molecule has 3 rings (SSSR count). The van der Waals surface area contributed by atoms with Crippen molar-refractivity contribution in [3.8, 4) is 0 Å². The first-order valence-electron chi connectivity index (χ1n) is 9.11. The fraction of sp³-hybridized carbons (Fsp3) is 0.684. The summed E-state index contributed by atoms with van der Waals surface area (Å²) in [6, 6.07) is 5.47. The topological polar surface area (TPSA) is 49.5 Å². The van der Waals surface area contributed by atoms with E-state index >= 15 is 0 Å². The van der Waals surface area contributed by atoms with Gasteiger partial charge < -0.3 is 10.8 Å². The number of likely N-dealkylation sites (tertiary alicyclic amines) is 1. The zero-order chi connectivity index (χ0) is 18.2. The fourth-order valence-electron chi connectivity index (χ4n) is 4.54. The van der Waals surface area contributed by atoms with Crippen LogP contribution in [0.4, 0.5) is 13.2 Å². The summed E-state index contributed by atoms with van der Waals surface area (Å²) in [4.78, 5) is 2.24. The van der Waals surface area contributed by atoms with E-state index in [1.807, 2.05) is 6.92 Å². The van der Waals surface area contributed by atoms with E-state index in [1.54, 1.807) is 6.07 Å². The third-order valence-corrected chi connectivity index (χ3v) is 6.04. The molecule has 3 unspecified atom stereocenters. The van der Waals surface area contributed by atoms with Crippen LogP contribution in [-0.4, -0.2) is 40.8 Å². The van der Waals surface area contributed by atoms with Gasteiger partial charge in [-0.2, -0.15) is 13.2 Å².